The Morgan fingerprint density at radius 1 is 0.500 bits per heavy atom. The highest BCUT2D eigenvalue weighted by Gasteiger charge is 2.52. The van der Waals surface area contributed by atoms with Crippen molar-refractivity contribution in [3.8, 4) is 0 Å². The Balaban J connectivity index is 1.72. The molecule has 0 amide bonds. The van der Waals surface area contributed by atoms with Gasteiger partial charge in [-0.3, -0.25) is 0 Å². The Morgan fingerprint density at radius 2 is 0.912 bits per heavy atom. The minimum atomic E-state index is -1.85. The van der Waals surface area contributed by atoms with Crippen LogP contribution in [0.15, 0.2) is 0 Å². The predicted octanol–water partition coefficient (Wildman–Crippen LogP) is -6.50. The summed E-state index contributed by atoms with van der Waals surface area (Å²) >= 11 is 0. The first-order chi connectivity index (χ1) is 16.0. The Labute approximate surface area is 194 Å². The SMILES string of the molecule is C[C@@H]1OC(CO)[C@@H](O[C@@H]2OC(CO)[C@@H](O[C@@H]3OC(CO)[C@@H](O)[C@H](O)C3O)[C@H](O)C2O)[C@H](O)C1O. The number of hydrogen-bond acceptors (Lipinski definition) is 15. The summed E-state index contributed by atoms with van der Waals surface area (Å²) in [5, 5.41) is 100. The van der Waals surface area contributed by atoms with E-state index >= 15 is 0 Å². The van der Waals surface area contributed by atoms with Crippen LogP contribution in [0.1, 0.15) is 6.92 Å². The van der Waals surface area contributed by atoms with Crippen molar-refractivity contribution in [1.82, 2.24) is 0 Å². The number of aliphatic hydroxyl groups excluding tert-OH is 10. The molecule has 3 fully saturated rings. The van der Waals surface area contributed by atoms with Crippen molar-refractivity contribution in [2.45, 2.75) is 98.9 Å². The molecular weight excluding hydrogens is 468 g/mol. The zero-order valence-electron chi connectivity index (χ0n) is 18.3. The van der Waals surface area contributed by atoms with Gasteiger partial charge in [0.05, 0.1) is 25.9 Å². The van der Waals surface area contributed by atoms with E-state index in [0.29, 0.717) is 0 Å². The van der Waals surface area contributed by atoms with Gasteiger partial charge in [0, 0.05) is 0 Å². The van der Waals surface area contributed by atoms with Crippen LogP contribution in [0.25, 0.3) is 0 Å². The molecule has 3 heterocycles. The summed E-state index contributed by atoms with van der Waals surface area (Å²) < 4.78 is 27.1. The van der Waals surface area contributed by atoms with Gasteiger partial charge < -0.3 is 74.7 Å². The predicted molar refractivity (Wildman–Crippen MR) is 105 cm³/mol. The lowest BCUT2D eigenvalue weighted by molar-refractivity contribution is -0.372. The van der Waals surface area contributed by atoms with Gasteiger partial charge in [0.2, 0.25) is 0 Å². The van der Waals surface area contributed by atoms with Gasteiger partial charge in [-0.05, 0) is 6.92 Å². The standard InChI is InChI=1S/C19H34O15/c1-5-9(23)12(26)16(7(3-21)30-5)33-19-15(29)13(27)17(8(4-22)32-19)34-18-14(28)11(25)10(24)6(2-20)31-18/h5-29H,2-4H2,1H3/t5-,6?,7?,8?,9?,10+,11-,12+,13+,14?,15?,16+,17+,18-,19-/m0/s1. The summed E-state index contributed by atoms with van der Waals surface area (Å²) in [5.74, 6) is 0. The Kier molecular flexibility index (Phi) is 9.57. The monoisotopic (exact) mass is 502 g/mol. The molecule has 3 aliphatic heterocycles. The molecule has 6 unspecified atom stereocenters. The third-order valence-corrected chi connectivity index (χ3v) is 6.35. The second-order valence-electron chi connectivity index (χ2n) is 8.65. The fourth-order valence-electron chi connectivity index (χ4n) is 4.26. The van der Waals surface area contributed by atoms with Crippen LogP contribution in [0.5, 0.6) is 0 Å². The van der Waals surface area contributed by atoms with E-state index in [2.05, 4.69) is 0 Å². The highest BCUT2D eigenvalue weighted by atomic mass is 16.7. The molecule has 0 aromatic heterocycles. The van der Waals surface area contributed by atoms with Crippen LogP contribution in [-0.4, -0.2) is 163 Å². The summed E-state index contributed by atoms with van der Waals surface area (Å²) in [4.78, 5) is 0. The summed E-state index contributed by atoms with van der Waals surface area (Å²) in [6, 6.07) is 0. The van der Waals surface area contributed by atoms with E-state index in [9.17, 15) is 51.1 Å². The van der Waals surface area contributed by atoms with E-state index in [-0.39, 0.29) is 0 Å². The van der Waals surface area contributed by atoms with Crippen LogP contribution in [0.3, 0.4) is 0 Å². The van der Waals surface area contributed by atoms with E-state index in [4.69, 9.17) is 23.7 Å². The molecule has 0 spiro atoms. The minimum Gasteiger partial charge on any atom is -0.394 e. The minimum absolute atomic E-state index is 0.601. The highest BCUT2D eigenvalue weighted by Crippen LogP contribution is 2.32. The molecule has 15 nitrogen and oxygen atoms in total. The lowest BCUT2D eigenvalue weighted by atomic mass is 9.94. The topological polar surface area (TPSA) is 248 Å². The molecule has 0 saturated carbocycles. The molecule has 3 rings (SSSR count). The van der Waals surface area contributed by atoms with Crippen molar-refractivity contribution < 1.29 is 74.7 Å². The molecule has 0 radical (unpaired) electrons. The van der Waals surface area contributed by atoms with Crippen molar-refractivity contribution in [3.63, 3.8) is 0 Å². The maximum absolute atomic E-state index is 10.6. The Morgan fingerprint density at radius 3 is 1.41 bits per heavy atom. The molecule has 34 heavy (non-hydrogen) atoms. The van der Waals surface area contributed by atoms with Gasteiger partial charge in [-0.1, -0.05) is 0 Å². The van der Waals surface area contributed by atoms with E-state index in [1.807, 2.05) is 0 Å². The fourth-order valence-corrected chi connectivity index (χ4v) is 4.26. The first kappa shape index (κ1) is 28.0. The maximum atomic E-state index is 10.6. The number of rotatable bonds is 7. The largest absolute Gasteiger partial charge is 0.394 e. The van der Waals surface area contributed by atoms with Crippen LogP contribution >= 0.6 is 0 Å². The van der Waals surface area contributed by atoms with Crippen molar-refractivity contribution in [1.29, 1.82) is 0 Å². The number of aliphatic hydroxyl groups is 10. The third-order valence-electron chi connectivity index (χ3n) is 6.35. The van der Waals surface area contributed by atoms with Gasteiger partial charge in [-0.25, -0.2) is 0 Å². The van der Waals surface area contributed by atoms with Gasteiger partial charge in [-0.2, -0.15) is 0 Å². The average molecular weight is 502 g/mol. The quantitative estimate of drug-likeness (QED) is 0.155. The molecule has 0 aliphatic carbocycles. The van der Waals surface area contributed by atoms with E-state index in [1.165, 1.54) is 6.92 Å². The Bertz CT molecular complexity index is 635. The van der Waals surface area contributed by atoms with E-state index in [1.54, 1.807) is 0 Å². The van der Waals surface area contributed by atoms with E-state index in [0.717, 1.165) is 0 Å². The van der Waals surface area contributed by atoms with Crippen LogP contribution in [0, 0.1) is 0 Å². The second-order valence-corrected chi connectivity index (χ2v) is 8.65. The van der Waals surface area contributed by atoms with Gasteiger partial charge in [-0.15, -0.1) is 0 Å². The average Bonchev–Trinajstić information content (AvgIpc) is 2.83. The molecule has 0 aromatic rings. The lowest BCUT2D eigenvalue weighted by Gasteiger charge is -2.48. The first-order valence-electron chi connectivity index (χ1n) is 10.9. The zero-order chi connectivity index (χ0) is 25.3. The molecule has 3 aliphatic rings. The van der Waals surface area contributed by atoms with Gasteiger partial charge in [0.15, 0.2) is 12.6 Å². The Hall–Kier alpha value is -0.600. The first-order valence-corrected chi connectivity index (χ1v) is 10.9. The maximum Gasteiger partial charge on any atom is 0.187 e. The highest BCUT2D eigenvalue weighted by molar-refractivity contribution is 4.96. The summed E-state index contributed by atoms with van der Waals surface area (Å²) in [6.07, 6.45) is -22.6. The summed E-state index contributed by atoms with van der Waals surface area (Å²) in [7, 11) is 0. The van der Waals surface area contributed by atoms with Gasteiger partial charge in [0.1, 0.15) is 73.2 Å². The zero-order valence-corrected chi connectivity index (χ0v) is 18.3. The van der Waals surface area contributed by atoms with Crippen molar-refractivity contribution in [2.75, 3.05) is 19.8 Å². The van der Waals surface area contributed by atoms with Crippen molar-refractivity contribution in [3.05, 3.63) is 0 Å². The van der Waals surface area contributed by atoms with Crippen LogP contribution in [-0.2, 0) is 23.7 Å². The van der Waals surface area contributed by atoms with Crippen LogP contribution in [0.4, 0.5) is 0 Å². The third kappa shape index (κ3) is 5.39. The molecule has 200 valence electrons. The summed E-state index contributed by atoms with van der Waals surface area (Å²) in [5.41, 5.74) is 0. The molecular formula is C19H34O15. The van der Waals surface area contributed by atoms with E-state index < -0.39 is 112 Å². The fraction of sp³-hybridized carbons (Fsp3) is 1.00. The van der Waals surface area contributed by atoms with Gasteiger partial charge in [0.25, 0.3) is 0 Å². The van der Waals surface area contributed by atoms with Crippen molar-refractivity contribution in [2.24, 2.45) is 0 Å². The van der Waals surface area contributed by atoms with Crippen molar-refractivity contribution >= 4 is 0 Å². The molecule has 3 saturated heterocycles. The molecule has 0 aromatic carbocycles. The normalized spacial score (nSPS) is 52.5. The smallest absolute Gasteiger partial charge is 0.187 e. The summed E-state index contributed by atoms with van der Waals surface area (Å²) in [6.45, 7) is -0.626. The number of ether oxygens (including phenoxy) is 5. The lowest BCUT2D eigenvalue weighted by Crippen LogP contribution is -2.66. The number of hydrogen-bond donors (Lipinski definition) is 10. The molecule has 0 bridgehead atoms. The molecule has 15 heteroatoms. The van der Waals surface area contributed by atoms with Crippen LogP contribution < -0.4 is 0 Å². The van der Waals surface area contributed by atoms with Gasteiger partial charge >= 0.3 is 0 Å². The second kappa shape index (κ2) is 11.6. The van der Waals surface area contributed by atoms with Crippen LogP contribution in [0.2, 0.25) is 0 Å². The molecule has 10 N–H and O–H groups in total. The molecule has 15 atom stereocenters.